The smallest absolute Gasteiger partial charge is 0.236 e. The van der Waals surface area contributed by atoms with Crippen molar-refractivity contribution in [1.82, 2.24) is 29.8 Å². The molecule has 0 radical (unpaired) electrons. The van der Waals surface area contributed by atoms with E-state index < -0.39 is 0 Å². The van der Waals surface area contributed by atoms with E-state index in [0.29, 0.717) is 12.5 Å². The molecule has 0 aliphatic carbocycles. The minimum atomic E-state index is 0.257. The molecule has 0 spiro atoms. The third kappa shape index (κ3) is 5.75. The average Bonchev–Trinajstić information content (AvgIpc) is 3.38. The van der Waals surface area contributed by atoms with Crippen LogP contribution in [-0.4, -0.2) is 135 Å². The van der Waals surface area contributed by atoms with Crippen LogP contribution in [-0.2, 0) is 4.79 Å². The molecular formula is C24H45N7O. The second kappa shape index (κ2) is 11.2. The van der Waals surface area contributed by atoms with Crippen LogP contribution in [0.4, 0.5) is 0 Å². The maximum atomic E-state index is 12.5. The van der Waals surface area contributed by atoms with Crippen molar-refractivity contribution in [1.29, 1.82) is 0 Å². The van der Waals surface area contributed by atoms with Gasteiger partial charge in [0.05, 0.1) is 6.54 Å². The van der Waals surface area contributed by atoms with Gasteiger partial charge < -0.3 is 20.0 Å². The quantitative estimate of drug-likeness (QED) is 0.496. The summed E-state index contributed by atoms with van der Waals surface area (Å²) in [5.74, 6) is 1.34. The Labute approximate surface area is 195 Å². The highest BCUT2D eigenvalue weighted by Gasteiger charge is 2.40. The third-order valence-electron chi connectivity index (χ3n) is 8.22. The number of nitrogens with one attached hydrogen (secondary N) is 1. The van der Waals surface area contributed by atoms with Crippen LogP contribution in [0.5, 0.6) is 0 Å². The predicted molar refractivity (Wildman–Crippen MR) is 130 cm³/mol. The Morgan fingerprint density at radius 3 is 2.06 bits per heavy atom. The van der Waals surface area contributed by atoms with E-state index in [4.69, 9.17) is 0 Å². The van der Waals surface area contributed by atoms with Crippen molar-refractivity contribution in [3.63, 3.8) is 0 Å². The lowest BCUT2D eigenvalue weighted by Gasteiger charge is -2.50. The molecule has 0 aromatic rings. The van der Waals surface area contributed by atoms with E-state index in [0.717, 1.165) is 64.6 Å². The fraction of sp³-hybridized carbons (Fsp3) is 0.917. The van der Waals surface area contributed by atoms with Crippen molar-refractivity contribution < 1.29 is 4.79 Å². The first-order valence-electron chi connectivity index (χ1n) is 13.0. The highest BCUT2D eigenvalue weighted by molar-refractivity contribution is 5.80. The Kier molecular flexibility index (Phi) is 8.29. The van der Waals surface area contributed by atoms with E-state index in [2.05, 4.69) is 37.0 Å². The average molecular weight is 448 g/mol. The van der Waals surface area contributed by atoms with Crippen molar-refractivity contribution in [2.24, 2.45) is 4.99 Å². The number of aliphatic imine (C=N–C) groups is 1. The number of guanidine groups is 1. The molecule has 4 saturated heterocycles. The lowest BCUT2D eigenvalue weighted by molar-refractivity contribution is -0.131. The highest BCUT2D eigenvalue weighted by atomic mass is 16.2. The fourth-order valence-electron chi connectivity index (χ4n) is 5.96. The van der Waals surface area contributed by atoms with Gasteiger partial charge in [-0.2, -0.15) is 0 Å². The molecule has 4 aliphatic rings. The van der Waals surface area contributed by atoms with Crippen LogP contribution in [0.1, 0.15) is 44.9 Å². The maximum Gasteiger partial charge on any atom is 0.236 e. The molecule has 0 atom stereocenters. The molecule has 8 nitrogen and oxygen atoms in total. The molecule has 4 heterocycles. The molecule has 0 aromatic heterocycles. The molecule has 0 aromatic carbocycles. The standard InChI is InChI=1S/C24H45N7O/c1-25-23(30-18-16-28(17-19-30)20-22(32)29-10-6-7-11-29)26-21-24(8-14-27(2)15-9-24)31-12-4-3-5-13-31/h3-21H2,1-2H3,(H,25,26). The van der Waals surface area contributed by atoms with Gasteiger partial charge in [0.15, 0.2) is 5.96 Å². The van der Waals surface area contributed by atoms with Gasteiger partial charge in [-0.25, -0.2) is 0 Å². The van der Waals surface area contributed by atoms with E-state index in [1.807, 2.05) is 11.9 Å². The van der Waals surface area contributed by atoms with Crippen LogP contribution >= 0.6 is 0 Å². The van der Waals surface area contributed by atoms with Gasteiger partial charge >= 0.3 is 0 Å². The van der Waals surface area contributed by atoms with Crippen LogP contribution in [0.15, 0.2) is 4.99 Å². The minimum absolute atomic E-state index is 0.257. The molecule has 4 fully saturated rings. The van der Waals surface area contributed by atoms with Crippen LogP contribution < -0.4 is 5.32 Å². The number of carbonyl (C=O) groups is 1. The van der Waals surface area contributed by atoms with Gasteiger partial charge in [-0.15, -0.1) is 0 Å². The Bertz CT molecular complexity index is 626. The van der Waals surface area contributed by atoms with E-state index in [1.165, 1.54) is 58.3 Å². The van der Waals surface area contributed by atoms with Crippen LogP contribution in [0.25, 0.3) is 0 Å². The summed E-state index contributed by atoms with van der Waals surface area (Å²) >= 11 is 0. The monoisotopic (exact) mass is 447 g/mol. The van der Waals surface area contributed by atoms with Gasteiger partial charge in [-0.3, -0.25) is 19.6 Å². The van der Waals surface area contributed by atoms with Crippen molar-refractivity contribution in [3.8, 4) is 0 Å². The number of hydrogen-bond donors (Lipinski definition) is 1. The first-order chi connectivity index (χ1) is 15.6. The van der Waals surface area contributed by atoms with Crippen LogP contribution in [0.2, 0.25) is 0 Å². The summed E-state index contributed by atoms with van der Waals surface area (Å²) in [6, 6.07) is 0. The number of nitrogens with zero attached hydrogens (tertiary/aromatic N) is 6. The van der Waals surface area contributed by atoms with Crippen molar-refractivity contribution in [3.05, 3.63) is 0 Å². The van der Waals surface area contributed by atoms with Crippen molar-refractivity contribution in [2.75, 3.05) is 92.6 Å². The van der Waals surface area contributed by atoms with Crippen LogP contribution in [0, 0.1) is 0 Å². The summed E-state index contributed by atoms with van der Waals surface area (Å²) in [5.41, 5.74) is 0.257. The van der Waals surface area contributed by atoms with Crippen molar-refractivity contribution in [2.45, 2.75) is 50.5 Å². The first-order valence-corrected chi connectivity index (χ1v) is 13.0. The second-order valence-electron chi connectivity index (χ2n) is 10.3. The third-order valence-corrected chi connectivity index (χ3v) is 8.22. The highest BCUT2D eigenvalue weighted by Crippen LogP contribution is 2.31. The summed E-state index contributed by atoms with van der Waals surface area (Å²) in [6.07, 6.45) is 8.86. The Morgan fingerprint density at radius 2 is 1.44 bits per heavy atom. The van der Waals surface area contributed by atoms with Crippen molar-refractivity contribution >= 4 is 11.9 Å². The molecule has 4 rings (SSSR count). The summed E-state index contributed by atoms with van der Waals surface area (Å²) in [5, 5.41) is 3.78. The van der Waals surface area contributed by atoms with E-state index in [9.17, 15) is 4.79 Å². The lowest BCUT2D eigenvalue weighted by Crippen LogP contribution is -2.63. The molecule has 0 unspecified atom stereocenters. The molecule has 1 N–H and O–H groups in total. The summed E-state index contributed by atoms with van der Waals surface area (Å²) in [6.45, 7) is 12.0. The summed E-state index contributed by atoms with van der Waals surface area (Å²) < 4.78 is 0. The van der Waals surface area contributed by atoms with E-state index in [1.54, 1.807) is 0 Å². The Balaban J connectivity index is 1.28. The maximum absolute atomic E-state index is 12.5. The van der Waals surface area contributed by atoms with Gasteiger partial charge in [-0.1, -0.05) is 6.42 Å². The normalized spacial score (nSPS) is 26.5. The molecule has 0 bridgehead atoms. The second-order valence-corrected chi connectivity index (χ2v) is 10.3. The van der Waals surface area contributed by atoms with Gasteiger partial charge in [0.1, 0.15) is 0 Å². The molecule has 4 aliphatic heterocycles. The SMILES string of the molecule is CN=C(NCC1(N2CCCCC2)CCN(C)CC1)N1CCN(CC(=O)N2CCCC2)CC1. The van der Waals surface area contributed by atoms with Gasteiger partial charge in [0, 0.05) is 58.4 Å². The number of piperazine rings is 1. The number of hydrogen-bond acceptors (Lipinski definition) is 5. The summed E-state index contributed by atoms with van der Waals surface area (Å²) in [7, 11) is 4.16. The number of amides is 1. The predicted octanol–water partition coefficient (Wildman–Crippen LogP) is 0.752. The summed E-state index contributed by atoms with van der Waals surface area (Å²) in [4.78, 5) is 29.1. The molecule has 1 amide bonds. The zero-order valence-corrected chi connectivity index (χ0v) is 20.5. The molecule has 0 saturated carbocycles. The zero-order valence-electron chi connectivity index (χ0n) is 20.5. The Hall–Kier alpha value is -1.38. The van der Waals surface area contributed by atoms with E-state index >= 15 is 0 Å². The molecule has 8 heteroatoms. The number of rotatable bonds is 5. The van der Waals surface area contributed by atoms with Gasteiger partial charge in [0.2, 0.25) is 5.91 Å². The zero-order chi connectivity index (χ0) is 22.4. The Morgan fingerprint density at radius 1 is 0.812 bits per heavy atom. The van der Waals surface area contributed by atoms with Crippen LogP contribution in [0.3, 0.4) is 0 Å². The van der Waals surface area contributed by atoms with Gasteiger partial charge in [0.25, 0.3) is 0 Å². The lowest BCUT2D eigenvalue weighted by atomic mass is 9.84. The first kappa shape index (κ1) is 23.8. The number of likely N-dealkylation sites (tertiary alicyclic amines) is 3. The molecular weight excluding hydrogens is 402 g/mol. The van der Waals surface area contributed by atoms with E-state index in [-0.39, 0.29) is 5.54 Å². The fourth-order valence-corrected chi connectivity index (χ4v) is 5.96. The van der Waals surface area contributed by atoms with Gasteiger partial charge in [-0.05, 0) is 71.8 Å². The number of carbonyl (C=O) groups excluding carboxylic acids is 1. The topological polar surface area (TPSA) is 57.7 Å². The largest absolute Gasteiger partial charge is 0.354 e. The molecule has 32 heavy (non-hydrogen) atoms. The molecule has 182 valence electrons. The minimum Gasteiger partial charge on any atom is -0.354 e. The number of piperidine rings is 2.